The van der Waals surface area contributed by atoms with Gasteiger partial charge < -0.3 is 4.90 Å². The highest BCUT2D eigenvalue weighted by Crippen LogP contribution is 2.23. The first kappa shape index (κ1) is 22.3. The molecule has 1 fully saturated rings. The second-order valence-corrected chi connectivity index (χ2v) is 11.9. The molecular weight excluding hydrogens is 474 g/mol. The molecule has 1 aliphatic heterocycles. The van der Waals surface area contributed by atoms with Crippen LogP contribution in [0.2, 0.25) is 4.34 Å². The van der Waals surface area contributed by atoms with Gasteiger partial charge in [-0.05, 0) is 41.3 Å². The lowest BCUT2D eigenvalue weighted by Gasteiger charge is -2.34. The van der Waals surface area contributed by atoms with E-state index in [-0.39, 0.29) is 10.1 Å². The van der Waals surface area contributed by atoms with Crippen molar-refractivity contribution in [2.75, 3.05) is 30.9 Å². The second-order valence-electron chi connectivity index (χ2n) is 7.27. The standard InChI is InChI=1S/C21H22ClN3O3S3/c22-19-8-7-18(30-19)15-24-9-11-25(12-10-24)20(26)14-16-3-5-17(6-4-16)23-31(27,28)21-2-1-13-29-21/h1-8,13,23H,9-12,14-15H2. The third-order valence-electron chi connectivity index (χ3n) is 5.05. The number of hydrogen-bond donors (Lipinski definition) is 1. The van der Waals surface area contributed by atoms with Crippen LogP contribution in [0.3, 0.4) is 0 Å². The van der Waals surface area contributed by atoms with Crippen molar-refractivity contribution in [2.24, 2.45) is 0 Å². The quantitative estimate of drug-likeness (QED) is 0.534. The van der Waals surface area contributed by atoms with Gasteiger partial charge >= 0.3 is 0 Å². The lowest BCUT2D eigenvalue weighted by molar-refractivity contribution is -0.132. The van der Waals surface area contributed by atoms with Crippen molar-refractivity contribution >= 4 is 55.9 Å². The van der Waals surface area contributed by atoms with E-state index in [0.717, 1.165) is 29.5 Å². The molecule has 1 aliphatic rings. The van der Waals surface area contributed by atoms with Crippen molar-refractivity contribution in [2.45, 2.75) is 17.2 Å². The van der Waals surface area contributed by atoms with E-state index in [1.807, 2.05) is 11.0 Å². The van der Waals surface area contributed by atoms with E-state index >= 15 is 0 Å². The summed E-state index contributed by atoms with van der Waals surface area (Å²) in [7, 11) is -3.57. The number of halogens is 1. The highest BCUT2D eigenvalue weighted by Gasteiger charge is 2.22. The maximum atomic E-state index is 12.7. The highest BCUT2D eigenvalue weighted by atomic mass is 35.5. The Labute approximate surface area is 195 Å². The minimum absolute atomic E-state index is 0.0886. The second kappa shape index (κ2) is 9.70. The van der Waals surface area contributed by atoms with E-state index in [4.69, 9.17) is 11.6 Å². The molecule has 3 heterocycles. The maximum absolute atomic E-state index is 12.7. The van der Waals surface area contributed by atoms with Gasteiger partial charge in [-0.1, -0.05) is 29.8 Å². The molecule has 1 saturated heterocycles. The Morgan fingerprint density at radius 1 is 1.03 bits per heavy atom. The van der Waals surface area contributed by atoms with Gasteiger partial charge in [-0.2, -0.15) is 0 Å². The molecule has 0 saturated carbocycles. The molecule has 1 aromatic carbocycles. The number of amides is 1. The Hall–Kier alpha value is -1.91. The summed E-state index contributed by atoms with van der Waals surface area (Å²) in [6.07, 6.45) is 0.304. The van der Waals surface area contributed by atoms with Crippen LogP contribution in [0.1, 0.15) is 10.4 Å². The van der Waals surface area contributed by atoms with Gasteiger partial charge in [-0.25, -0.2) is 8.42 Å². The number of benzene rings is 1. The number of carbonyl (C=O) groups is 1. The lowest BCUT2D eigenvalue weighted by atomic mass is 10.1. The van der Waals surface area contributed by atoms with Gasteiger partial charge in [0.25, 0.3) is 10.0 Å². The number of hydrogen-bond acceptors (Lipinski definition) is 6. The van der Waals surface area contributed by atoms with Crippen molar-refractivity contribution in [3.05, 3.63) is 68.7 Å². The summed E-state index contributed by atoms with van der Waals surface area (Å²) < 4.78 is 28.2. The molecule has 1 N–H and O–H groups in total. The minimum atomic E-state index is -3.57. The Bertz CT molecular complexity index is 1120. The van der Waals surface area contributed by atoms with Crippen molar-refractivity contribution in [1.29, 1.82) is 0 Å². The first-order chi connectivity index (χ1) is 14.9. The molecule has 0 radical (unpaired) electrons. The molecule has 0 unspecified atom stereocenters. The van der Waals surface area contributed by atoms with E-state index in [1.165, 1.54) is 16.2 Å². The molecular formula is C21H22ClN3O3S3. The Morgan fingerprint density at radius 3 is 2.39 bits per heavy atom. The topological polar surface area (TPSA) is 69.7 Å². The SMILES string of the molecule is O=C(Cc1ccc(NS(=O)(=O)c2cccs2)cc1)N1CCN(Cc2ccc(Cl)s2)CC1. The number of piperazine rings is 1. The van der Waals surface area contributed by atoms with E-state index in [1.54, 1.807) is 53.1 Å². The first-order valence-corrected chi connectivity index (χ1v) is 13.3. The summed E-state index contributed by atoms with van der Waals surface area (Å²) in [5, 5.41) is 1.72. The number of thiophene rings is 2. The largest absolute Gasteiger partial charge is 0.340 e. The van der Waals surface area contributed by atoms with E-state index in [0.29, 0.717) is 25.2 Å². The molecule has 10 heteroatoms. The highest BCUT2D eigenvalue weighted by molar-refractivity contribution is 7.94. The molecule has 0 bridgehead atoms. The number of sulfonamides is 1. The predicted octanol–water partition coefficient (Wildman–Crippen LogP) is 4.15. The molecule has 0 spiro atoms. The van der Waals surface area contributed by atoms with Crippen LogP contribution in [-0.2, 0) is 27.8 Å². The number of nitrogens with one attached hydrogen (secondary N) is 1. The van der Waals surface area contributed by atoms with Gasteiger partial charge in [0.15, 0.2) is 0 Å². The molecule has 0 aliphatic carbocycles. The molecule has 6 nitrogen and oxygen atoms in total. The molecule has 2 aromatic heterocycles. The minimum Gasteiger partial charge on any atom is -0.340 e. The first-order valence-electron chi connectivity index (χ1n) is 9.79. The summed E-state index contributed by atoms with van der Waals surface area (Å²) in [6, 6.07) is 14.2. The molecule has 3 aromatic rings. The van der Waals surface area contributed by atoms with Crippen LogP contribution in [0, 0.1) is 0 Å². The third kappa shape index (κ3) is 5.87. The van der Waals surface area contributed by atoms with Crippen LogP contribution < -0.4 is 4.72 Å². The number of nitrogens with zero attached hydrogens (tertiary/aromatic N) is 2. The summed E-state index contributed by atoms with van der Waals surface area (Å²) in [4.78, 5) is 18.2. The normalized spacial score (nSPS) is 15.2. The van der Waals surface area contributed by atoms with Crippen molar-refractivity contribution in [3.63, 3.8) is 0 Å². The summed E-state index contributed by atoms with van der Waals surface area (Å²) in [5.41, 5.74) is 1.34. The zero-order valence-corrected chi connectivity index (χ0v) is 19.9. The average Bonchev–Trinajstić information content (AvgIpc) is 3.42. The number of anilines is 1. The van der Waals surface area contributed by atoms with Crippen LogP contribution >= 0.6 is 34.3 Å². The monoisotopic (exact) mass is 495 g/mol. The number of carbonyl (C=O) groups excluding carboxylic acids is 1. The molecule has 164 valence electrons. The zero-order chi connectivity index (χ0) is 21.8. The van der Waals surface area contributed by atoms with Crippen LogP contribution in [0.25, 0.3) is 0 Å². The molecule has 31 heavy (non-hydrogen) atoms. The van der Waals surface area contributed by atoms with Crippen LogP contribution in [0.15, 0.2) is 58.1 Å². The van der Waals surface area contributed by atoms with E-state index in [9.17, 15) is 13.2 Å². The summed E-state index contributed by atoms with van der Waals surface area (Å²) in [6.45, 7) is 3.95. The molecule has 1 amide bonds. The summed E-state index contributed by atoms with van der Waals surface area (Å²) >= 11 is 8.76. The van der Waals surface area contributed by atoms with Gasteiger partial charge in [0, 0.05) is 43.3 Å². The Morgan fingerprint density at radius 2 is 1.77 bits per heavy atom. The Balaban J connectivity index is 1.27. The fourth-order valence-corrected chi connectivity index (χ4v) is 6.59. The van der Waals surface area contributed by atoms with Gasteiger partial charge in [-0.3, -0.25) is 14.4 Å². The van der Waals surface area contributed by atoms with E-state index < -0.39 is 10.0 Å². The van der Waals surface area contributed by atoms with Gasteiger partial charge in [0.1, 0.15) is 4.21 Å². The van der Waals surface area contributed by atoms with Crippen LogP contribution in [0.4, 0.5) is 5.69 Å². The maximum Gasteiger partial charge on any atom is 0.271 e. The van der Waals surface area contributed by atoms with Gasteiger partial charge in [0.2, 0.25) is 5.91 Å². The van der Waals surface area contributed by atoms with E-state index in [2.05, 4.69) is 15.7 Å². The fourth-order valence-electron chi connectivity index (χ4n) is 3.41. The van der Waals surface area contributed by atoms with Gasteiger partial charge in [0.05, 0.1) is 10.8 Å². The predicted molar refractivity (Wildman–Crippen MR) is 126 cm³/mol. The van der Waals surface area contributed by atoms with Crippen LogP contribution in [-0.4, -0.2) is 50.3 Å². The smallest absolute Gasteiger partial charge is 0.271 e. The average molecular weight is 496 g/mol. The molecule has 0 atom stereocenters. The molecule has 4 rings (SSSR count). The summed E-state index contributed by atoms with van der Waals surface area (Å²) in [5.74, 6) is 0.0886. The fraction of sp³-hybridized carbons (Fsp3) is 0.286. The van der Waals surface area contributed by atoms with Crippen molar-refractivity contribution in [1.82, 2.24) is 9.80 Å². The zero-order valence-electron chi connectivity index (χ0n) is 16.7. The van der Waals surface area contributed by atoms with Gasteiger partial charge in [-0.15, -0.1) is 22.7 Å². The van der Waals surface area contributed by atoms with Crippen molar-refractivity contribution < 1.29 is 13.2 Å². The van der Waals surface area contributed by atoms with Crippen LogP contribution in [0.5, 0.6) is 0 Å². The van der Waals surface area contributed by atoms with Crippen molar-refractivity contribution in [3.8, 4) is 0 Å². The number of rotatable bonds is 7. The Kier molecular flexibility index (Phi) is 6.98. The lowest BCUT2D eigenvalue weighted by Crippen LogP contribution is -2.48. The third-order valence-corrected chi connectivity index (χ3v) is 9.05.